The van der Waals surface area contributed by atoms with Crippen LogP contribution in [0.15, 0.2) is 24.4 Å². The third kappa shape index (κ3) is 2.68. The van der Waals surface area contributed by atoms with Crippen LogP contribution in [0.2, 0.25) is 5.15 Å². The second kappa shape index (κ2) is 5.64. The number of ether oxygens (including phenoxy) is 1. The van der Waals surface area contributed by atoms with E-state index in [0.717, 1.165) is 36.6 Å². The summed E-state index contributed by atoms with van der Waals surface area (Å²) in [4.78, 5) is 8.55. The molecule has 5 heteroatoms. The van der Waals surface area contributed by atoms with E-state index < -0.39 is 0 Å². The normalized spacial score (nSPS) is 22.4. The van der Waals surface area contributed by atoms with Gasteiger partial charge in [-0.2, -0.15) is 5.26 Å². The van der Waals surface area contributed by atoms with Gasteiger partial charge in [0.15, 0.2) is 0 Å². The van der Waals surface area contributed by atoms with Gasteiger partial charge in [-0.05, 0) is 37.8 Å². The van der Waals surface area contributed by atoms with Crippen molar-refractivity contribution in [1.82, 2.24) is 9.97 Å². The second-order valence-electron chi connectivity index (χ2n) is 5.04. The van der Waals surface area contributed by atoms with Crippen LogP contribution in [0.25, 0.3) is 10.9 Å². The van der Waals surface area contributed by atoms with Gasteiger partial charge in [0.25, 0.3) is 0 Å². The van der Waals surface area contributed by atoms with Crippen molar-refractivity contribution in [2.75, 3.05) is 0 Å². The fourth-order valence-electron chi connectivity index (χ4n) is 2.57. The number of halogens is 1. The lowest BCUT2D eigenvalue weighted by Crippen LogP contribution is -2.24. The Morgan fingerprint density at radius 2 is 2.10 bits per heavy atom. The van der Waals surface area contributed by atoms with E-state index in [1.807, 2.05) is 12.1 Å². The van der Waals surface area contributed by atoms with Crippen LogP contribution >= 0.6 is 11.6 Å². The molecule has 0 amide bonds. The predicted octanol–water partition coefficient (Wildman–Crippen LogP) is 3.74. The Hall–Kier alpha value is -1.86. The largest absolute Gasteiger partial charge is 0.474 e. The fourth-order valence-corrected chi connectivity index (χ4v) is 2.75. The molecule has 0 aromatic carbocycles. The van der Waals surface area contributed by atoms with E-state index in [1.54, 1.807) is 12.3 Å². The number of nitrogens with zero attached hydrogens (tertiary/aromatic N) is 3. The number of pyridine rings is 2. The zero-order valence-corrected chi connectivity index (χ0v) is 11.7. The molecule has 4 nitrogen and oxygen atoms in total. The Kier molecular flexibility index (Phi) is 3.70. The van der Waals surface area contributed by atoms with Gasteiger partial charge in [0.2, 0.25) is 5.88 Å². The van der Waals surface area contributed by atoms with Crippen LogP contribution in [-0.2, 0) is 0 Å². The molecule has 0 unspecified atom stereocenters. The molecule has 1 saturated carbocycles. The molecule has 0 atom stereocenters. The zero-order valence-electron chi connectivity index (χ0n) is 10.9. The van der Waals surface area contributed by atoms with Crippen LogP contribution in [-0.4, -0.2) is 16.1 Å². The molecule has 1 aliphatic rings. The summed E-state index contributed by atoms with van der Waals surface area (Å²) >= 11 is 6.01. The Bertz CT molecular complexity index is 660. The first kappa shape index (κ1) is 13.1. The van der Waals surface area contributed by atoms with Crippen LogP contribution in [0, 0.1) is 17.2 Å². The topological polar surface area (TPSA) is 58.8 Å². The van der Waals surface area contributed by atoms with Gasteiger partial charge in [0.05, 0.1) is 17.0 Å². The molecule has 2 heterocycles. The van der Waals surface area contributed by atoms with E-state index in [0.29, 0.717) is 11.0 Å². The molecule has 0 spiro atoms. The molecule has 2 aromatic heterocycles. The molecule has 102 valence electrons. The van der Waals surface area contributed by atoms with E-state index in [9.17, 15) is 0 Å². The number of hydrogen-bond donors (Lipinski definition) is 0. The van der Waals surface area contributed by atoms with Crippen molar-refractivity contribution >= 4 is 22.5 Å². The van der Waals surface area contributed by atoms with Crippen molar-refractivity contribution in [3.63, 3.8) is 0 Å². The quantitative estimate of drug-likeness (QED) is 0.789. The average Bonchev–Trinajstić information content (AvgIpc) is 2.48. The maximum atomic E-state index is 8.92. The van der Waals surface area contributed by atoms with Crippen LogP contribution < -0.4 is 4.74 Å². The molecule has 0 bridgehead atoms. The number of fused-ring (bicyclic) bond motifs is 1. The number of rotatable bonds is 2. The first-order chi connectivity index (χ1) is 9.76. The highest BCUT2D eigenvalue weighted by Crippen LogP contribution is 2.30. The SMILES string of the molecule is N#C[C@H]1CC[C@@H](Oc2nc(Cl)cc3ncccc23)CC1. The summed E-state index contributed by atoms with van der Waals surface area (Å²) in [5.74, 6) is 0.710. The lowest BCUT2D eigenvalue weighted by Gasteiger charge is -2.25. The van der Waals surface area contributed by atoms with Crippen LogP contribution in [0.1, 0.15) is 25.7 Å². The summed E-state index contributed by atoms with van der Waals surface area (Å²) in [6, 6.07) is 7.85. The minimum atomic E-state index is 0.106. The Morgan fingerprint density at radius 3 is 2.85 bits per heavy atom. The van der Waals surface area contributed by atoms with Gasteiger partial charge in [-0.15, -0.1) is 0 Å². The zero-order chi connectivity index (χ0) is 13.9. The summed E-state index contributed by atoms with van der Waals surface area (Å²) in [7, 11) is 0. The van der Waals surface area contributed by atoms with Crippen molar-refractivity contribution in [1.29, 1.82) is 5.26 Å². The third-order valence-corrected chi connectivity index (χ3v) is 3.86. The van der Waals surface area contributed by atoms with E-state index >= 15 is 0 Å². The minimum Gasteiger partial charge on any atom is -0.474 e. The second-order valence-corrected chi connectivity index (χ2v) is 5.43. The van der Waals surface area contributed by atoms with Crippen molar-refractivity contribution in [3.05, 3.63) is 29.5 Å². The highest BCUT2D eigenvalue weighted by atomic mass is 35.5. The van der Waals surface area contributed by atoms with Gasteiger partial charge in [-0.1, -0.05) is 11.6 Å². The minimum absolute atomic E-state index is 0.106. The Balaban J connectivity index is 1.83. The monoisotopic (exact) mass is 287 g/mol. The summed E-state index contributed by atoms with van der Waals surface area (Å²) in [6.45, 7) is 0. The van der Waals surface area contributed by atoms with E-state index in [2.05, 4.69) is 16.0 Å². The average molecular weight is 288 g/mol. The third-order valence-electron chi connectivity index (χ3n) is 3.67. The summed E-state index contributed by atoms with van der Waals surface area (Å²) in [6.07, 6.45) is 5.37. The highest BCUT2D eigenvalue weighted by Gasteiger charge is 2.23. The van der Waals surface area contributed by atoms with Crippen molar-refractivity contribution in [2.24, 2.45) is 5.92 Å². The fraction of sp³-hybridized carbons (Fsp3) is 0.400. The number of nitriles is 1. The first-order valence-electron chi connectivity index (χ1n) is 6.74. The molecule has 0 aliphatic heterocycles. The maximum Gasteiger partial charge on any atom is 0.224 e. The predicted molar refractivity (Wildman–Crippen MR) is 76.5 cm³/mol. The Morgan fingerprint density at radius 1 is 1.30 bits per heavy atom. The first-order valence-corrected chi connectivity index (χ1v) is 7.11. The molecule has 3 rings (SSSR count). The lowest BCUT2D eigenvalue weighted by atomic mass is 9.88. The molecular formula is C15H14ClN3O. The van der Waals surface area contributed by atoms with Crippen LogP contribution in [0.5, 0.6) is 5.88 Å². The summed E-state index contributed by atoms with van der Waals surface area (Å²) in [5, 5.41) is 10.2. The molecule has 1 aliphatic carbocycles. The van der Waals surface area contributed by atoms with Gasteiger partial charge in [0, 0.05) is 18.2 Å². The molecule has 2 aromatic rings. The standard InChI is InChI=1S/C15H14ClN3O/c16-14-8-13-12(2-1-7-18-13)15(19-14)20-11-5-3-10(9-17)4-6-11/h1-2,7-8,10-11H,3-6H2/t10-,11+. The van der Waals surface area contributed by atoms with Crippen molar-refractivity contribution in [3.8, 4) is 11.9 Å². The molecule has 1 fully saturated rings. The van der Waals surface area contributed by atoms with Gasteiger partial charge in [-0.25, -0.2) is 4.98 Å². The highest BCUT2D eigenvalue weighted by molar-refractivity contribution is 6.30. The van der Waals surface area contributed by atoms with Gasteiger partial charge in [-0.3, -0.25) is 4.98 Å². The van der Waals surface area contributed by atoms with Gasteiger partial charge >= 0.3 is 0 Å². The summed E-state index contributed by atoms with van der Waals surface area (Å²) < 4.78 is 6.00. The lowest BCUT2D eigenvalue weighted by molar-refractivity contribution is 0.139. The molecule has 20 heavy (non-hydrogen) atoms. The molecule has 0 saturated heterocycles. The van der Waals surface area contributed by atoms with Crippen LogP contribution in [0.4, 0.5) is 0 Å². The molecular weight excluding hydrogens is 274 g/mol. The van der Waals surface area contributed by atoms with E-state index in [-0.39, 0.29) is 12.0 Å². The smallest absolute Gasteiger partial charge is 0.224 e. The van der Waals surface area contributed by atoms with Crippen molar-refractivity contribution < 1.29 is 4.74 Å². The molecule has 0 radical (unpaired) electrons. The number of hydrogen-bond acceptors (Lipinski definition) is 4. The Labute approximate surface area is 122 Å². The van der Waals surface area contributed by atoms with E-state index in [1.165, 1.54) is 0 Å². The number of aromatic nitrogens is 2. The van der Waals surface area contributed by atoms with Gasteiger partial charge < -0.3 is 4.74 Å². The van der Waals surface area contributed by atoms with Crippen LogP contribution in [0.3, 0.4) is 0 Å². The van der Waals surface area contributed by atoms with Crippen molar-refractivity contribution in [2.45, 2.75) is 31.8 Å². The molecule has 0 N–H and O–H groups in total. The van der Waals surface area contributed by atoms with Gasteiger partial charge in [0.1, 0.15) is 11.3 Å². The van der Waals surface area contributed by atoms with E-state index in [4.69, 9.17) is 21.6 Å². The maximum absolute atomic E-state index is 8.92. The summed E-state index contributed by atoms with van der Waals surface area (Å²) in [5.41, 5.74) is 0.785.